The fraction of sp³-hybridized carbons (Fsp3) is 0.846. The summed E-state index contributed by atoms with van der Waals surface area (Å²) in [5.41, 5.74) is 0. The molecule has 0 radical (unpaired) electrons. The smallest absolute Gasteiger partial charge is 0.222 e. The van der Waals surface area contributed by atoms with E-state index in [1.54, 1.807) is 4.90 Å². The van der Waals surface area contributed by atoms with Crippen LogP contribution in [0.5, 0.6) is 0 Å². The van der Waals surface area contributed by atoms with Crippen molar-refractivity contribution >= 4 is 11.8 Å². The molecule has 0 saturated carbocycles. The van der Waals surface area contributed by atoms with Crippen LogP contribution in [0.3, 0.4) is 0 Å². The zero-order valence-corrected chi connectivity index (χ0v) is 11.7. The fourth-order valence-electron chi connectivity index (χ4n) is 1.65. The largest absolute Gasteiger partial charge is 0.346 e. The third-order valence-electron chi connectivity index (χ3n) is 3.05. The van der Waals surface area contributed by atoms with E-state index in [-0.39, 0.29) is 11.8 Å². The summed E-state index contributed by atoms with van der Waals surface area (Å²) in [6, 6.07) is 0. The summed E-state index contributed by atoms with van der Waals surface area (Å²) >= 11 is 0. The van der Waals surface area contributed by atoms with Crippen molar-refractivity contribution in [3.05, 3.63) is 0 Å². The molecular weight excluding hydrogens is 216 g/mol. The molecule has 0 unspecified atom stereocenters. The van der Waals surface area contributed by atoms with Crippen LogP contribution in [-0.2, 0) is 9.59 Å². The van der Waals surface area contributed by atoms with E-state index >= 15 is 0 Å². The van der Waals surface area contributed by atoms with Crippen LogP contribution < -0.4 is 0 Å². The van der Waals surface area contributed by atoms with Gasteiger partial charge in [0.15, 0.2) is 0 Å². The Bertz CT molecular complexity index is 238. The number of carbonyl (C=O) groups excluding carboxylic acids is 2. The molecule has 0 aromatic heterocycles. The highest BCUT2D eigenvalue weighted by atomic mass is 16.2. The molecule has 0 spiro atoms. The molecule has 0 aliphatic heterocycles. The van der Waals surface area contributed by atoms with E-state index in [4.69, 9.17) is 0 Å². The third kappa shape index (κ3) is 6.29. The summed E-state index contributed by atoms with van der Waals surface area (Å²) in [5.74, 6) is 0.370. The van der Waals surface area contributed by atoms with Crippen LogP contribution in [0.2, 0.25) is 0 Å². The predicted octanol–water partition coefficient (Wildman–Crippen LogP) is 1.89. The van der Waals surface area contributed by atoms with Crippen LogP contribution in [0, 0.1) is 0 Å². The molecule has 0 aromatic carbocycles. The second-order valence-corrected chi connectivity index (χ2v) is 4.18. The molecule has 2 amide bonds. The number of carbonyl (C=O) groups is 2. The van der Waals surface area contributed by atoms with E-state index in [9.17, 15) is 9.59 Å². The van der Waals surface area contributed by atoms with Crippen molar-refractivity contribution in [2.24, 2.45) is 0 Å². The summed E-state index contributed by atoms with van der Waals surface area (Å²) < 4.78 is 0. The normalized spacial score (nSPS) is 10.1. The van der Waals surface area contributed by atoms with Gasteiger partial charge >= 0.3 is 0 Å². The van der Waals surface area contributed by atoms with E-state index in [1.807, 2.05) is 32.7 Å². The van der Waals surface area contributed by atoms with Gasteiger partial charge in [-0.1, -0.05) is 0 Å². The minimum Gasteiger partial charge on any atom is -0.346 e. The SMILES string of the molecule is CCN(C)C(=O)CCCCC(=O)N(CC)CC. The van der Waals surface area contributed by atoms with Gasteiger partial charge in [0.2, 0.25) is 11.8 Å². The van der Waals surface area contributed by atoms with Gasteiger partial charge in [0.05, 0.1) is 0 Å². The molecule has 0 saturated heterocycles. The first-order valence-corrected chi connectivity index (χ1v) is 6.58. The van der Waals surface area contributed by atoms with Crippen LogP contribution in [0.15, 0.2) is 0 Å². The molecule has 4 nitrogen and oxygen atoms in total. The topological polar surface area (TPSA) is 40.6 Å². The highest BCUT2D eigenvalue weighted by molar-refractivity contribution is 5.77. The van der Waals surface area contributed by atoms with E-state index in [1.165, 1.54) is 0 Å². The van der Waals surface area contributed by atoms with Gasteiger partial charge in [0, 0.05) is 39.5 Å². The second kappa shape index (κ2) is 9.02. The van der Waals surface area contributed by atoms with Gasteiger partial charge in [-0.15, -0.1) is 0 Å². The Morgan fingerprint density at radius 2 is 1.29 bits per heavy atom. The van der Waals surface area contributed by atoms with Crippen molar-refractivity contribution in [3.63, 3.8) is 0 Å². The minimum absolute atomic E-state index is 0.169. The van der Waals surface area contributed by atoms with E-state index < -0.39 is 0 Å². The molecule has 0 heterocycles. The first-order chi connectivity index (χ1) is 8.06. The second-order valence-electron chi connectivity index (χ2n) is 4.18. The highest BCUT2D eigenvalue weighted by Crippen LogP contribution is 2.05. The van der Waals surface area contributed by atoms with Crippen LogP contribution in [-0.4, -0.2) is 48.3 Å². The van der Waals surface area contributed by atoms with Crippen LogP contribution >= 0.6 is 0 Å². The molecule has 4 heteroatoms. The van der Waals surface area contributed by atoms with E-state index in [0.717, 1.165) is 32.5 Å². The molecule has 0 aliphatic rings. The van der Waals surface area contributed by atoms with Gasteiger partial charge in [-0.05, 0) is 33.6 Å². The van der Waals surface area contributed by atoms with E-state index in [2.05, 4.69) is 0 Å². The first kappa shape index (κ1) is 15.9. The predicted molar refractivity (Wildman–Crippen MR) is 69.7 cm³/mol. The third-order valence-corrected chi connectivity index (χ3v) is 3.05. The van der Waals surface area contributed by atoms with Crippen LogP contribution in [0.4, 0.5) is 0 Å². The van der Waals surface area contributed by atoms with Crippen LogP contribution in [0.25, 0.3) is 0 Å². The summed E-state index contributed by atoms with van der Waals surface area (Å²) in [6.45, 7) is 8.22. The van der Waals surface area contributed by atoms with E-state index in [0.29, 0.717) is 12.8 Å². The number of rotatable bonds is 8. The molecule has 0 rings (SSSR count). The maximum Gasteiger partial charge on any atom is 0.222 e. The highest BCUT2D eigenvalue weighted by Gasteiger charge is 2.10. The Balaban J connectivity index is 3.71. The zero-order chi connectivity index (χ0) is 13.3. The van der Waals surface area contributed by atoms with Crippen LogP contribution in [0.1, 0.15) is 46.5 Å². The number of amides is 2. The van der Waals surface area contributed by atoms with Crippen molar-refractivity contribution in [3.8, 4) is 0 Å². The Kier molecular flexibility index (Phi) is 8.46. The maximum absolute atomic E-state index is 11.7. The van der Waals surface area contributed by atoms with Gasteiger partial charge in [0.1, 0.15) is 0 Å². The average molecular weight is 242 g/mol. The van der Waals surface area contributed by atoms with Crippen molar-refractivity contribution < 1.29 is 9.59 Å². The van der Waals surface area contributed by atoms with Gasteiger partial charge in [-0.3, -0.25) is 9.59 Å². The lowest BCUT2D eigenvalue weighted by Crippen LogP contribution is -2.30. The van der Waals surface area contributed by atoms with Gasteiger partial charge < -0.3 is 9.80 Å². The molecular formula is C13H26N2O2. The molecule has 17 heavy (non-hydrogen) atoms. The maximum atomic E-state index is 11.7. The molecule has 0 fully saturated rings. The Hall–Kier alpha value is -1.06. The zero-order valence-electron chi connectivity index (χ0n) is 11.7. The van der Waals surface area contributed by atoms with Crippen molar-refractivity contribution in [2.75, 3.05) is 26.7 Å². The standard InChI is InChI=1S/C13H26N2O2/c1-5-14(4)12(16)10-8-9-11-13(17)15(6-2)7-3/h5-11H2,1-4H3. The summed E-state index contributed by atoms with van der Waals surface area (Å²) in [6.07, 6.45) is 2.72. The lowest BCUT2D eigenvalue weighted by molar-refractivity contribution is -0.132. The van der Waals surface area contributed by atoms with Gasteiger partial charge in [-0.25, -0.2) is 0 Å². The monoisotopic (exact) mass is 242 g/mol. The quantitative estimate of drug-likeness (QED) is 0.610. The lowest BCUT2D eigenvalue weighted by atomic mass is 10.1. The minimum atomic E-state index is 0.169. The lowest BCUT2D eigenvalue weighted by Gasteiger charge is -2.18. The number of hydrogen-bond acceptors (Lipinski definition) is 2. The van der Waals surface area contributed by atoms with Gasteiger partial charge in [-0.2, -0.15) is 0 Å². The van der Waals surface area contributed by atoms with Gasteiger partial charge in [0.25, 0.3) is 0 Å². The first-order valence-electron chi connectivity index (χ1n) is 6.58. The molecule has 100 valence electrons. The van der Waals surface area contributed by atoms with Crippen molar-refractivity contribution in [1.82, 2.24) is 9.80 Å². The molecule has 0 aliphatic carbocycles. The number of nitrogens with zero attached hydrogens (tertiary/aromatic N) is 2. The number of unbranched alkanes of at least 4 members (excludes halogenated alkanes) is 1. The Morgan fingerprint density at radius 1 is 0.824 bits per heavy atom. The Labute approximate surface area is 105 Å². The summed E-state index contributed by atoms with van der Waals surface area (Å²) in [5, 5.41) is 0. The molecule has 0 bridgehead atoms. The summed E-state index contributed by atoms with van der Waals surface area (Å²) in [4.78, 5) is 26.7. The average Bonchev–Trinajstić information content (AvgIpc) is 2.34. The molecule has 0 aromatic rings. The Morgan fingerprint density at radius 3 is 1.71 bits per heavy atom. The molecule has 0 atom stereocenters. The molecule has 0 N–H and O–H groups in total. The summed E-state index contributed by atoms with van der Waals surface area (Å²) in [7, 11) is 1.81. The van der Waals surface area contributed by atoms with Crippen molar-refractivity contribution in [1.29, 1.82) is 0 Å². The number of hydrogen-bond donors (Lipinski definition) is 0. The van der Waals surface area contributed by atoms with Crippen molar-refractivity contribution in [2.45, 2.75) is 46.5 Å². The fourth-order valence-corrected chi connectivity index (χ4v) is 1.65.